The van der Waals surface area contributed by atoms with E-state index in [1.54, 1.807) is 0 Å². The summed E-state index contributed by atoms with van der Waals surface area (Å²) in [6.45, 7) is 8.39. The van der Waals surface area contributed by atoms with Gasteiger partial charge in [-0.15, -0.1) is 0 Å². The average molecular weight is 213 g/mol. The zero-order valence-electron chi connectivity index (χ0n) is 9.59. The summed E-state index contributed by atoms with van der Waals surface area (Å²) in [6.07, 6.45) is 0. The van der Waals surface area contributed by atoms with Gasteiger partial charge < -0.3 is 5.32 Å². The van der Waals surface area contributed by atoms with Crippen molar-refractivity contribution in [3.63, 3.8) is 0 Å². The van der Waals surface area contributed by atoms with E-state index in [0.29, 0.717) is 13.1 Å². The molecule has 2 amide bonds. The highest BCUT2D eigenvalue weighted by molar-refractivity contribution is 5.99. The van der Waals surface area contributed by atoms with E-state index in [1.807, 2.05) is 4.90 Å². The number of carbonyl (C=O) groups is 2. The van der Waals surface area contributed by atoms with Gasteiger partial charge in [0.25, 0.3) is 0 Å². The molecule has 0 aliphatic carbocycles. The Morgan fingerprint density at radius 2 is 1.80 bits per heavy atom. The molecule has 15 heavy (non-hydrogen) atoms. The van der Waals surface area contributed by atoms with Crippen LogP contribution in [-0.2, 0) is 9.59 Å². The lowest BCUT2D eigenvalue weighted by atomic mass is 10.1. The number of carbonyl (C=O) groups excluding carboxylic acids is 2. The minimum Gasteiger partial charge on any atom is -0.311 e. The summed E-state index contributed by atoms with van der Waals surface area (Å²) in [5.41, 5.74) is 0.0715. The standard InChI is InChI=1S/C10H19N3O2/c1-10(2,3)11-4-5-13-6-8(14)12-9(15)7-13/h11H,4-7H2,1-3H3,(H,12,14,15). The zero-order valence-corrected chi connectivity index (χ0v) is 9.59. The molecule has 0 aromatic carbocycles. The summed E-state index contributed by atoms with van der Waals surface area (Å²) < 4.78 is 0. The first-order chi connectivity index (χ1) is 6.87. The third kappa shape index (κ3) is 4.90. The van der Waals surface area contributed by atoms with E-state index >= 15 is 0 Å². The molecule has 0 radical (unpaired) electrons. The van der Waals surface area contributed by atoms with E-state index < -0.39 is 0 Å². The van der Waals surface area contributed by atoms with E-state index in [9.17, 15) is 9.59 Å². The Hall–Kier alpha value is -0.940. The van der Waals surface area contributed by atoms with Gasteiger partial charge in [-0.3, -0.25) is 19.8 Å². The largest absolute Gasteiger partial charge is 0.311 e. The first-order valence-corrected chi connectivity index (χ1v) is 5.17. The molecule has 0 saturated carbocycles. The second kappa shape index (κ2) is 4.72. The molecule has 5 heteroatoms. The summed E-state index contributed by atoms with van der Waals surface area (Å²) in [5.74, 6) is -0.413. The predicted octanol–water partition coefficient (Wildman–Crippen LogP) is -0.667. The van der Waals surface area contributed by atoms with Crippen LogP contribution in [0.2, 0.25) is 0 Å². The topological polar surface area (TPSA) is 61.4 Å². The van der Waals surface area contributed by atoms with E-state index in [4.69, 9.17) is 0 Å². The molecular formula is C10H19N3O2. The van der Waals surface area contributed by atoms with Gasteiger partial charge in [0.2, 0.25) is 11.8 Å². The third-order valence-corrected chi connectivity index (χ3v) is 2.10. The smallest absolute Gasteiger partial charge is 0.240 e. The zero-order chi connectivity index (χ0) is 11.5. The summed E-state index contributed by atoms with van der Waals surface area (Å²) in [6, 6.07) is 0. The molecule has 1 aliphatic heterocycles. The Bertz CT molecular complexity index is 242. The normalized spacial score (nSPS) is 19.1. The maximum atomic E-state index is 11.0. The molecule has 0 aromatic heterocycles. The lowest BCUT2D eigenvalue weighted by Crippen LogP contribution is -2.53. The molecule has 1 aliphatic rings. The predicted molar refractivity (Wildman–Crippen MR) is 57.3 cm³/mol. The second-order valence-electron chi connectivity index (χ2n) is 4.86. The highest BCUT2D eigenvalue weighted by Gasteiger charge is 2.22. The van der Waals surface area contributed by atoms with Crippen LogP contribution in [0.5, 0.6) is 0 Å². The summed E-state index contributed by atoms with van der Waals surface area (Å²) in [7, 11) is 0. The van der Waals surface area contributed by atoms with Crippen molar-refractivity contribution in [3.8, 4) is 0 Å². The highest BCUT2D eigenvalue weighted by Crippen LogP contribution is 1.98. The fourth-order valence-electron chi connectivity index (χ4n) is 1.44. The molecule has 0 aromatic rings. The molecule has 86 valence electrons. The van der Waals surface area contributed by atoms with Crippen molar-refractivity contribution in [2.75, 3.05) is 26.2 Å². The molecule has 1 fully saturated rings. The number of rotatable bonds is 3. The van der Waals surface area contributed by atoms with E-state index in [1.165, 1.54) is 0 Å². The van der Waals surface area contributed by atoms with Crippen molar-refractivity contribution in [1.82, 2.24) is 15.5 Å². The lowest BCUT2D eigenvalue weighted by molar-refractivity contribution is -0.135. The SMILES string of the molecule is CC(C)(C)NCCN1CC(=O)NC(=O)C1. The number of imide groups is 1. The Balaban J connectivity index is 2.27. The number of hydrogen-bond acceptors (Lipinski definition) is 4. The van der Waals surface area contributed by atoms with Gasteiger partial charge in [0, 0.05) is 18.6 Å². The van der Waals surface area contributed by atoms with Crippen LogP contribution >= 0.6 is 0 Å². The molecule has 1 saturated heterocycles. The molecule has 0 spiro atoms. The van der Waals surface area contributed by atoms with Crippen molar-refractivity contribution in [1.29, 1.82) is 0 Å². The molecule has 0 unspecified atom stereocenters. The van der Waals surface area contributed by atoms with Crippen molar-refractivity contribution in [3.05, 3.63) is 0 Å². The monoisotopic (exact) mass is 213 g/mol. The maximum absolute atomic E-state index is 11.0. The molecule has 2 N–H and O–H groups in total. The number of nitrogens with zero attached hydrogens (tertiary/aromatic N) is 1. The van der Waals surface area contributed by atoms with Gasteiger partial charge in [-0.2, -0.15) is 0 Å². The molecule has 0 bridgehead atoms. The maximum Gasteiger partial charge on any atom is 0.240 e. The Morgan fingerprint density at radius 1 is 1.27 bits per heavy atom. The van der Waals surface area contributed by atoms with Crippen LogP contribution in [0.15, 0.2) is 0 Å². The van der Waals surface area contributed by atoms with E-state index in [-0.39, 0.29) is 17.4 Å². The summed E-state index contributed by atoms with van der Waals surface area (Å²) >= 11 is 0. The summed E-state index contributed by atoms with van der Waals surface area (Å²) in [5, 5.41) is 5.59. The van der Waals surface area contributed by atoms with Gasteiger partial charge in [-0.25, -0.2) is 0 Å². The second-order valence-corrected chi connectivity index (χ2v) is 4.86. The molecular weight excluding hydrogens is 194 g/mol. The fraction of sp³-hybridized carbons (Fsp3) is 0.800. The van der Waals surface area contributed by atoms with Crippen molar-refractivity contribution in [2.45, 2.75) is 26.3 Å². The number of piperazine rings is 1. The first-order valence-electron chi connectivity index (χ1n) is 5.17. The molecule has 0 atom stereocenters. The van der Waals surface area contributed by atoms with Crippen LogP contribution in [0, 0.1) is 0 Å². The van der Waals surface area contributed by atoms with Crippen molar-refractivity contribution in [2.24, 2.45) is 0 Å². The van der Waals surface area contributed by atoms with Crippen LogP contribution < -0.4 is 10.6 Å². The Kier molecular flexibility index (Phi) is 3.82. The van der Waals surface area contributed by atoms with Gasteiger partial charge in [-0.1, -0.05) is 0 Å². The lowest BCUT2D eigenvalue weighted by Gasteiger charge is -2.27. The van der Waals surface area contributed by atoms with Gasteiger partial charge in [0.05, 0.1) is 13.1 Å². The quantitative estimate of drug-likeness (QED) is 0.611. The molecule has 5 nitrogen and oxygen atoms in total. The third-order valence-electron chi connectivity index (χ3n) is 2.10. The van der Waals surface area contributed by atoms with Crippen molar-refractivity contribution < 1.29 is 9.59 Å². The number of hydrogen-bond donors (Lipinski definition) is 2. The Morgan fingerprint density at radius 3 is 2.27 bits per heavy atom. The van der Waals surface area contributed by atoms with Crippen LogP contribution in [0.25, 0.3) is 0 Å². The average Bonchev–Trinajstić information content (AvgIpc) is 1.99. The Labute approximate surface area is 90.2 Å². The summed E-state index contributed by atoms with van der Waals surface area (Å²) in [4.78, 5) is 23.9. The fourth-order valence-corrected chi connectivity index (χ4v) is 1.44. The van der Waals surface area contributed by atoms with Gasteiger partial charge in [0.1, 0.15) is 0 Å². The van der Waals surface area contributed by atoms with Gasteiger partial charge in [-0.05, 0) is 20.8 Å². The van der Waals surface area contributed by atoms with Crippen LogP contribution in [0.3, 0.4) is 0 Å². The van der Waals surface area contributed by atoms with Crippen LogP contribution in [0.1, 0.15) is 20.8 Å². The van der Waals surface area contributed by atoms with E-state index in [0.717, 1.165) is 13.1 Å². The van der Waals surface area contributed by atoms with Crippen LogP contribution in [-0.4, -0.2) is 48.4 Å². The minimum absolute atomic E-state index is 0.0715. The molecule has 1 rings (SSSR count). The van der Waals surface area contributed by atoms with E-state index in [2.05, 4.69) is 31.4 Å². The number of amides is 2. The first kappa shape index (κ1) is 12.1. The number of nitrogens with one attached hydrogen (secondary N) is 2. The van der Waals surface area contributed by atoms with Gasteiger partial charge in [0.15, 0.2) is 0 Å². The van der Waals surface area contributed by atoms with Crippen molar-refractivity contribution >= 4 is 11.8 Å². The highest BCUT2D eigenvalue weighted by atomic mass is 16.2. The van der Waals surface area contributed by atoms with Gasteiger partial charge >= 0.3 is 0 Å². The molecule has 1 heterocycles. The minimum atomic E-state index is -0.206. The van der Waals surface area contributed by atoms with Crippen LogP contribution in [0.4, 0.5) is 0 Å².